The molecule has 0 amide bonds. The maximum atomic E-state index is 11.8. The molecule has 1 aliphatic heterocycles. The first-order chi connectivity index (χ1) is 6.91. The SMILES string of the molecule is CC1(OCCSC(F)(F)F)CCCNC1. The molecule has 1 aliphatic rings. The van der Waals surface area contributed by atoms with Crippen LogP contribution >= 0.6 is 11.8 Å². The van der Waals surface area contributed by atoms with Crippen LogP contribution in [0.15, 0.2) is 0 Å². The van der Waals surface area contributed by atoms with Crippen LogP contribution in [0.4, 0.5) is 13.2 Å². The molecule has 0 aliphatic carbocycles. The summed E-state index contributed by atoms with van der Waals surface area (Å²) in [5, 5.41) is 3.18. The summed E-state index contributed by atoms with van der Waals surface area (Å²) in [6.07, 6.45) is 1.93. The van der Waals surface area contributed by atoms with Crippen LogP contribution in [0.1, 0.15) is 19.8 Å². The molecular formula is C9H16F3NOS. The van der Waals surface area contributed by atoms with Gasteiger partial charge < -0.3 is 10.1 Å². The highest BCUT2D eigenvalue weighted by Crippen LogP contribution is 2.30. The van der Waals surface area contributed by atoms with Gasteiger partial charge in [-0.3, -0.25) is 0 Å². The second kappa shape index (κ2) is 5.41. The number of piperidine rings is 1. The number of ether oxygens (including phenoxy) is 1. The van der Waals surface area contributed by atoms with Crippen molar-refractivity contribution in [1.82, 2.24) is 5.32 Å². The van der Waals surface area contributed by atoms with E-state index in [1.165, 1.54) is 0 Å². The minimum atomic E-state index is -4.14. The van der Waals surface area contributed by atoms with Gasteiger partial charge in [0.15, 0.2) is 0 Å². The molecule has 0 aromatic carbocycles. The highest BCUT2D eigenvalue weighted by Gasteiger charge is 2.30. The minimum Gasteiger partial charge on any atom is -0.373 e. The van der Waals surface area contributed by atoms with Crippen LogP contribution in [-0.4, -0.2) is 36.6 Å². The van der Waals surface area contributed by atoms with Crippen molar-refractivity contribution >= 4 is 11.8 Å². The standard InChI is InChI=1S/C9H16F3NOS/c1-8(3-2-4-13-7-8)14-5-6-15-9(10,11)12/h13H,2-7H2,1H3. The van der Waals surface area contributed by atoms with Crippen LogP contribution in [0.5, 0.6) is 0 Å². The zero-order chi connectivity index (χ0) is 11.4. The van der Waals surface area contributed by atoms with E-state index in [1.807, 2.05) is 6.92 Å². The molecule has 0 spiro atoms. The van der Waals surface area contributed by atoms with Crippen molar-refractivity contribution < 1.29 is 17.9 Å². The number of rotatable bonds is 4. The molecule has 2 nitrogen and oxygen atoms in total. The van der Waals surface area contributed by atoms with Crippen LogP contribution in [-0.2, 0) is 4.74 Å². The van der Waals surface area contributed by atoms with E-state index in [1.54, 1.807) is 0 Å². The summed E-state index contributed by atoms with van der Waals surface area (Å²) in [4.78, 5) is 0. The summed E-state index contributed by atoms with van der Waals surface area (Å²) in [7, 11) is 0. The van der Waals surface area contributed by atoms with Gasteiger partial charge in [-0.05, 0) is 38.1 Å². The van der Waals surface area contributed by atoms with E-state index in [0.29, 0.717) is 0 Å². The molecule has 90 valence electrons. The molecule has 1 atom stereocenters. The zero-order valence-corrected chi connectivity index (χ0v) is 9.51. The summed E-state index contributed by atoms with van der Waals surface area (Å²) in [6.45, 7) is 3.79. The Bertz CT molecular complexity index is 192. The van der Waals surface area contributed by atoms with E-state index in [-0.39, 0.29) is 29.7 Å². The molecule has 0 bridgehead atoms. The van der Waals surface area contributed by atoms with Gasteiger partial charge in [-0.15, -0.1) is 0 Å². The molecule has 1 saturated heterocycles. The third-order valence-corrected chi connectivity index (χ3v) is 3.06. The second-order valence-corrected chi connectivity index (χ2v) is 5.03. The predicted octanol–water partition coefficient (Wildman–Crippen LogP) is 2.40. The number of thioether (sulfide) groups is 1. The Morgan fingerprint density at radius 3 is 2.73 bits per heavy atom. The Kier molecular flexibility index (Phi) is 4.73. The Hall–Kier alpha value is 0.0600. The first kappa shape index (κ1) is 13.1. The molecular weight excluding hydrogens is 227 g/mol. The van der Waals surface area contributed by atoms with Gasteiger partial charge in [0.05, 0.1) is 12.2 Å². The molecule has 1 heterocycles. The van der Waals surface area contributed by atoms with Crippen molar-refractivity contribution in [3.05, 3.63) is 0 Å². The van der Waals surface area contributed by atoms with E-state index in [2.05, 4.69) is 5.32 Å². The fraction of sp³-hybridized carbons (Fsp3) is 1.00. The van der Waals surface area contributed by atoms with Crippen LogP contribution in [0.25, 0.3) is 0 Å². The van der Waals surface area contributed by atoms with Crippen LogP contribution in [0.2, 0.25) is 0 Å². The van der Waals surface area contributed by atoms with Crippen molar-refractivity contribution in [3.63, 3.8) is 0 Å². The number of alkyl halides is 3. The average molecular weight is 243 g/mol. The monoisotopic (exact) mass is 243 g/mol. The average Bonchev–Trinajstić information content (AvgIpc) is 2.12. The molecule has 0 aromatic rings. The molecule has 0 saturated carbocycles. The van der Waals surface area contributed by atoms with Crippen LogP contribution < -0.4 is 5.32 Å². The first-order valence-corrected chi connectivity index (χ1v) is 5.95. The predicted molar refractivity (Wildman–Crippen MR) is 55.0 cm³/mol. The molecule has 1 fully saturated rings. The largest absolute Gasteiger partial charge is 0.441 e. The molecule has 1 rings (SSSR count). The molecule has 1 unspecified atom stereocenters. The lowest BCUT2D eigenvalue weighted by molar-refractivity contribution is -0.0443. The van der Waals surface area contributed by atoms with Gasteiger partial charge in [0.25, 0.3) is 0 Å². The number of halogens is 3. The lowest BCUT2D eigenvalue weighted by atomic mass is 9.96. The summed E-state index contributed by atoms with van der Waals surface area (Å²) in [5.41, 5.74) is -4.43. The van der Waals surface area contributed by atoms with Crippen molar-refractivity contribution in [2.45, 2.75) is 30.9 Å². The Balaban J connectivity index is 2.13. The Morgan fingerprint density at radius 1 is 1.47 bits per heavy atom. The summed E-state index contributed by atoms with van der Waals surface area (Å²) < 4.78 is 40.9. The summed E-state index contributed by atoms with van der Waals surface area (Å²) >= 11 is -0.0246. The highest BCUT2D eigenvalue weighted by atomic mass is 32.2. The van der Waals surface area contributed by atoms with Gasteiger partial charge in [0, 0.05) is 12.3 Å². The number of hydrogen-bond donors (Lipinski definition) is 1. The van der Waals surface area contributed by atoms with Crippen molar-refractivity contribution in [1.29, 1.82) is 0 Å². The quantitative estimate of drug-likeness (QED) is 0.766. The van der Waals surface area contributed by atoms with Crippen LogP contribution in [0.3, 0.4) is 0 Å². The Labute approximate surface area is 91.9 Å². The van der Waals surface area contributed by atoms with E-state index >= 15 is 0 Å². The van der Waals surface area contributed by atoms with E-state index in [9.17, 15) is 13.2 Å². The number of hydrogen-bond acceptors (Lipinski definition) is 3. The highest BCUT2D eigenvalue weighted by molar-refractivity contribution is 8.00. The molecule has 6 heteroatoms. The minimum absolute atomic E-state index is 0.0246. The first-order valence-electron chi connectivity index (χ1n) is 4.97. The van der Waals surface area contributed by atoms with Crippen LogP contribution in [0, 0.1) is 0 Å². The van der Waals surface area contributed by atoms with Gasteiger partial charge in [-0.25, -0.2) is 0 Å². The summed E-state index contributed by atoms with van der Waals surface area (Å²) in [6, 6.07) is 0. The van der Waals surface area contributed by atoms with Gasteiger partial charge in [-0.1, -0.05) is 0 Å². The molecule has 1 N–H and O–H groups in total. The lowest BCUT2D eigenvalue weighted by Gasteiger charge is -2.34. The maximum Gasteiger partial charge on any atom is 0.441 e. The molecule has 15 heavy (non-hydrogen) atoms. The van der Waals surface area contributed by atoms with Gasteiger partial charge in [0.2, 0.25) is 0 Å². The van der Waals surface area contributed by atoms with Gasteiger partial charge in [-0.2, -0.15) is 13.2 Å². The van der Waals surface area contributed by atoms with E-state index in [0.717, 1.165) is 25.9 Å². The smallest absolute Gasteiger partial charge is 0.373 e. The van der Waals surface area contributed by atoms with Gasteiger partial charge in [0.1, 0.15) is 0 Å². The molecule has 0 radical (unpaired) electrons. The maximum absolute atomic E-state index is 11.8. The zero-order valence-electron chi connectivity index (χ0n) is 8.69. The summed E-state index contributed by atoms with van der Waals surface area (Å²) in [5.74, 6) is -0.0287. The normalized spacial score (nSPS) is 28.0. The fourth-order valence-corrected chi connectivity index (χ4v) is 2.00. The third-order valence-electron chi connectivity index (χ3n) is 2.36. The van der Waals surface area contributed by atoms with Crippen molar-refractivity contribution in [2.75, 3.05) is 25.4 Å². The lowest BCUT2D eigenvalue weighted by Crippen LogP contribution is -2.45. The van der Waals surface area contributed by atoms with Crippen molar-refractivity contribution in [2.24, 2.45) is 0 Å². The van der Waals surface area contributed by atoms with Crippen molar-refractivity contribution in [3.8, 4) is 0 Å². The fourth-order valence-electron chi connectivity index (χ4n) is 1.60. The number of nitrogens with one attached hydrogen (secondary N) is 1. The second-order valence-electron chi connectivity index (χ2n) is 3.87. The Morgan fingerprint density at radius 2 is 2.20 bits per heavy atom. The van der Waals surface area contributed by atoms with E-state index < -0.39 is 5.51 Å². The molecule has 0 aromatic heterocycles. The topological polar surface area (TPSA) is 21.3 Å². The van der Waals surface area contributed by atoms with Gasteiger partial charge >= 0.3 is 5.51 Å². The third kappa shape index (κ3) is 5.63. The van der Waals surface area contributed by atoms with E-state index in [4.69, 9.17) is 4.74 Å².